The molecule has 0 saturated carbocycles. The summed E-state index contributed by atoms with van der Waals surface area (Å²) in [6.07, 6.45) is 0. The molecule has 2 aliphatic rings. The number of thiocarbonyl (C=S) groups is 1. The van der Waals surface area contributed by atoms with Crippen LogP contribution in [0.1, 0.15) is 18.5 Å². The van der Waals surface area contributed by atoms with Gasteiger partial charge in [-0.3, -0.25) is 4.79 Å². The molecule has 2 bridgehead atoms. The molecule has 1 amide bonds. The highest BCUT2D eigenvalue weighted by molar-refractivity contribution is 9.10. The van der Waals surface area contributed by atoms with Crippen molar-refractivity contribution in [3.05, 3.63) is 58.6 Å². The lowest BCUT2D eigenvalue weighted by atomic mass is 9.80. The lowest BCUT2D eigenvalue weighted by molar-refractivity contribution is -0.132. The maximum Gasteiger partial charge on any atom is 0.236 e. The van der Waals surface area contributed by atoms with Crippen LogP contribution in [0.4, 0.5) is 5.69 Å². The number of amides is 1. The fourth-order valence-electron chi connectivity index (χ4n) is 3.45. The maximum atomic E-state index is 13.1. The third kappa shape index (κ3) is 2.87. The number of carbonyl (C=O) groups is 1. The molecule has 25 heavy (non-hydrogen) atoms. The summed E-state index contributed by atoms with van der Waals surface area (Å²) in [6, 6.07) is 14.9. The fourth-order valence-corrected chi connectivity index (χ4v) is 4.16. The van der Waals surface area contributed by atoms with Crippen molar-refractivity contribution in [2.75, 3.05) is 5.32 Å². The Morgan fingerprint density at radius 3 is 2.80 bits per heavy atom. The average Bonchev–Trinajstić information content (AvgIpc) is 2.55. The predicted octanol–water partition coefficient (Wildman–Crippen LogP) is 3.33. The van der Waals surface area contributed by atoms with Crippen molar-refractivity contribution in [2.24, 2.45) is 5.92 Å². The van der Waals surface area contributed by atoms with Crippen LogP contribution in [-0.2, 0) is 4.79 Å². The third-order valence-electron chi connectivity index (χ3n) is 4.53. The Bertz CT molecular complexity index is 861. The Morgan fingerprint density at radius 2 is 2.04 bits per heavy atom. The summed E-state index contributed by atoms with van der Waals surface area (Å²) in [4.78, 5) is 13.1. The number of ether oxygens (including phenoxy) is 1. The van der Waals surface area contributed by atoms with Crippen LogP contribution < -0.4 is 20.7 Å². The second kappa shape index (κ2) is 6.00. The van der Waals surface area contributed by atoms with Crippen LogP contribution in [0, 0.1) is 5.92 Å². The van der Waals surface area contributed by atoms with E-state index in [1.807, 2.05) is 55.5 Å². The normalized spacial score (nSPS) is 26.6. The summed E-state index contributed by atoms with van der Waals surface area (Å²) in [5, 5.41) is 9.80. The Balaban J connectivity index is 1.74. The highest BCUT2D eigenvalue weighted by Gasteiger charge is 2.54. The first kappa shape index (κ1) is 16.4. The van der Waals surface area contributed by atoms with E-state index in [1.54, 1.807) is 0 Å². The summed E-state index contributed by atoms with van der Waals surface area (Å²) in [5.74, 6) is 0.106. The van der Waals surface area contributed by atoms with Crippen LogP contribution in [0.25, 0.3) is 0 Å². The van der Waals surface area contributed by atoms with Gasteiger partial charge >= 0.3 is 0 Å². The maximum absolute atomic E-state index is 13.1. The van der Waals surface area contributed by atoms with Crippen molar-refractivity contribution in [2.45, 2.75) is 18.7 Å². The van der Waals surface area contributed by atoms with E-state index in [2.05, 4.69) is 31.9 Å². The molecule has 0 spiro atoms. The number of rotatable bonds is 2. The lowest BCUT2D eigenvalue weighted by Crippen LogP contribution is -2.70. The molecule has 0 radical (unpaired) electrons. The average molecular weight is 418 g/mol. The van der Waals surface area contributed by atoms with Gasteiger partial charge in [0.1, 0.15) is 11.7 Å². The van der Waals surface area contributed by atoms with E-state index in [9.17, 15) is 4.79 Å². The molecule has 2 aromatic carbocycles. The van der Waals surface area contributed by atoms with Gasteiger partial charge in [-0.05, 0) is 49.5 Å². The first-order chi connectivity index (χ1) is 12.0. The first-order valence-corrected chi connectivity index (χ1v) is 9.09. The zero-order valence-corrected chi connectivity index (χ0v) is 15.8. The number of carbonyl (C=O) groups excluding carboxylic acids is 1. The van der Waals surface area contributed by atoms with Crippen LogP contribution in [-0.4, -0.2) is 16.7 Å². The van der Waals surface area contributed by atoms with Gasteiger partial charge in [0.15, 0.2) is 10.8 Å². The van der Waals surface area contributed by atoms with Crippen molar-refractivity contribution in [1.82, 2.24) is 10.6 Å². The summed E-state index contributed by atoms with van der Waals surface area (Å²) in [6.45, 7) is 1.85. The van der Waals surface area contributed by atoms with Gasteiger partial charge in [0.2, 0.25) is 5.91 Å². The van der Waals surface area contributed by atoms with Gasteiger partial charge in [-0.15, -0.1) is 0 Å². The molecule has 3 N–H and O–H groups in total. The molecule has 4 rings (SSSR count). The number of fused-ring (bicyclic) bond motifs is 4. The Hall–Kier alpha value is -2.12. The van der Waals surface area contributed by atoms with E-state index < -0.39 is 11.6 Å². The highest BCUT2D eigenvalue weighted by Crippen LogP contribution is 2.45. The fraction of sp³-hybridized carbons (Fsp3) is 0.222. The predicted molar refractivity (Wildman–Crippen MR) is 103 cm³/mol. The second-order valence-electron chi connectivity index (χ2n) is 6.30. The summed E-state index contributed by atoms with van der Waals surface area (Å²) >= 11 is 8.80. The van der Waals surface area contributed by atoms with Gasteiger partial charge in [0, 0.05) is 15.7 Å². The van der Waals surface area contributed by atoms with Crippen LogP contribution in [0.2, 0.25) is 0 Å². The van der Waals surface area contributed by atoms with E-state index in [4.69, 9.17) is 17.0 Å². The van der Waals surface area contributed by atoms with Crippen molar-refractivity contribution in [3.63, 3.8) is 0 Å². The number of nitrogens with one attached hydrogen (secondary N) is 3. The zero-order chi connectivity index (χ0) is 17.6. The Morgan fingerprint density at radius 1 is 1.28 bits per heavy atom. The SMILES string of the molecule is C[C@]12NC(=S)NC(c3cc(Br)ccc3O1)C2C(=O)Nc1ccccc1. The van der Waals surface area contributed by atoms with E-state index >= 15 is 0 Å². The topological polar surface area (TPSA) is 62.4 Å². The molecule has 1 fully saturated rings. The minimum Gasteiger partial charge on any atom is -0.467 e. The van der Waals surface area contributed by atoms with Gasteiger partial charge in [-0.2, -0.15) is 0 Å². The second-order valence-corrected chi connectivity index (χ2v) is 7.62. The van der Waals surface area contributed by atoms with Crippen LogP contribution in [0.3, 0.4) is 0 Å². The quantitative estimate of drug-likeness (QED) is 0.654. The van der Waals surface area contributed by atoms with Crippen LogP contribution in [0.5, 0.6) is 5.75 Å². The number of halogens is 1. The minimum absolute atomic E-state index is 0.133. The zero-order valence-electron chi connectivity index (χ0n) is 13.4. The number of para-hydroxylation sites is 1. The van der Waals surface area contributed by atoms with Gasteiger partial charge in [0.05, 0.1) is 6.04 Å². The molecule has 0 aromatic heterocycles. The van der Waals surface area contributed by atoms with Crippen molar-refractivity contribution in [3.8, 4) is 5.75 Å². The molecule has 7 heteroatoms. The first-order valence-electron chi connectivity index (χ1n) is 7.89. The molecule has 0 aliphatic carbocycles. The molecule has 2 aromatic rings. The number of hydrogen-bond donors (Lipinski definition) is 3. The molecular formula is C18H16BrN3O2S. The summed E-state index contributed by atoms with van der Waals surface area (Å²) in [7, 11) is 0. The minimum atomic E-state index is -0.924. The Kier molecular flexibility index (Phi) is 3.92. The van der Waals surface area contributed by atoms with E-state index in [0.717, 1.165) is 21.5 Å². The van der Waals surface area contributed by atoms with Crippen LogP contribution in [0.15, 0.2) is 53.0 Å². The third-order valence-corrected chi connectivity index (χ3v) is 5.24. The lowest BCUT2D eigenvalue weighted by Gasteiger charge is -2.50. The van der Waals surface area contributed by atoms with Gasteiger partial charge in [-0.1, -0.05) is 34.1 Å². The highest BCUT2D eigenvalue weighted by atomic mass is 79.9. The molecule has 2 unspecified atom stereocenters. The Labute approximate surface area is 159 Å². The van der Waals surface area contributed by atoms with Gasteiger partial charge in [-0.25, -0.2) is 0 Å². The monoisotopic (exact) mass is 417 g/mol. The standard InChI is InChI=1S/C18H16BrN3O2S/c1-18-14(16(23)20-11-5-3-2-4-6-11)15(21-17(25)22-18)12-9-10(19)7-8-13(12)24-18/h2-9,14-15H,1H3,(H,20,23)(H2,21,22,25)/t14?,15?,18-/m0/s1. The van der Waals surface area contributed by atoms with Crippen molar-refractivity contribution >= 4 is 44.9 Å². The van der Waals surface area contributed by atoms with Crippen LogP contribution >= 0.6 is 28.1 Å². The number of anilines is 1. The molecule has 2 heterocycles. The summed E-state index contributed by atoms with van der Waals surface area (Å²) < 4.78 is 7.09. The summed E-state index contributed by atoms with van der Waals surface area (Å²) in [5.41, 5.74) is 0.730. The van der Waals surface area contributed by atoms with E-state index in [-0.39, 0.29) is 11.9 Å². The van der Waals surface area contributed by atoms with E-state index in [0.29, 0.717) is 5.11 Å². The molecular weight excluding hydrogens is 402 g/mol. The number of hydrogen-bond acceptors (Lipinski definition) is 3. The smallest absolute Gasteiger partial charge is 0.236 e. The van der Waals surface area contributed by atoms with Gasteiger partial charge < -0.3 is 20.7 Å². The molecule has 128 valence electrons. The molecule has 5 nitrogen and oxygen atoms in total. The molecule has 2 aliphatic heterocycles. The largest absolute Gasteiger partial charge is 0.467 e. The van der Waals surface area contributed by atoms with Gasteiger partial charge in [0.25, 0.3) is 0 Å². The van der Waals surface area contributed by atoms with E-state index in [1.165, 1.54) is 0 Å². The van der Waals surface area contributed by atoms with Crippen molar-refractivity contribution < 1.29 is 9.53 Å². The van der Waals surface area contributed by atoms with Crippen molar-refractivity contribution in [1.29, 1.82) is 0 Å². The number of benzene rings is 2. The molecule has 3 atom stereocenters. The molecule has 1 saturated heterocycles.